The van der Waals surface area contributed by atoms with E-state index in [-0.39, 0.29) is 0 Å². The highest BCUT2D eigenvalue weighted by atomic mass is 13.3. The molecule has 0 heterocycles. The highest BCUT2D eigenvalue weighted by molar-refractivity contribution is 4.67. The number of hydrogen-bond acceptors (Lipinski definition) is 0. The molecule has 18 heavy (non-hydrogen) atoms. The van der Waals surface area contributed by atoms with E-state index in [2.05, 4.69) is 12.3 Å². The molecule has 0 saturated heterocycles. The van der Waals surface area contributed by atoms with E-state index in [4.69, 9.17) is 0 Å². The van der Waals surface area contributed by atoms with Gasteiger partial charge in [-0.15, -0.1) is 5.73 Å². The molecule has 0 nitrogen and oxygen atoms in total. The maximum atomic E-state index is 3.30. The molecule has 0 aromatic heterocycles. The SMILES string of the molecule is C=C=CC.CC.CC.CC.CC.CC.CC.CC. The molecule has 120 valence electrons. The van der Waals surface area contributed by atoms with Crippen molar-refractivity contribution in [2.45, 2.75) is 104 Å². The summed E-state index contributed by atoms with van der Waals surface area (Å²) >= 11 is 0. The minimum absolute atomic E-state index is 1.76. The van der Waals surface area contributed by atoms with Gasteiger partial charge in [-0.1, -0.05) is 104 Å². The second-order valence-corrected chi connectivity index (χ2v) is 0.493. The van der Waals surface area contributed by atoms with Gasteiger partial charge in [-0.05, 0) is 13.0 Å². The largest absolute Gasteiger partial charge is 0.133 e. The van der Waals surface area contributed by atoms with E-state index >= 15 is 0 Å². The molecule has 0 N–H and O–H groups in total. The van der Waals surface area contributed by atoms with Gasteiger partial charge in [-0.3, -0.25) is 0 Å². The predicted molar refractivity (Wildman–Crippen MR) is 98.8 cm³/mol. The van der Waals surface area contributed by atoms with Gasteiger partial charge < -0.3 is 0 Å². The highest BCUT2D eigenvalue weighted by Crippen LogP contribution is 1.46. The van der Waals surface area contributed by atoms with Crippen LogP contribution >= 0.6 is 0 Å². The first-order valence-electron chi connectivity index (χ1n) is 8.22. The lowest BCUT2D eigenvalue weighted by Crippen LogP contribution is -1.15. The lowest BCUT2D eigenvalue weighted by atomic mass is 10.7. The summed E-state index contributed by atoms with van der Waals surface area (Å²) in [7, 11) is 0. The first-order chi connectivity index (χ1) is 8.91. The van der Waals surface area contributed by atoms with Crippen LogP contribution < -0.4 is 0 Å². The van der Waals surface area contributed by atoms with Crippen molar-refractivity contribution in [2.75, 3.05) is 0 Å². The number of rotatable bonds is 0. The van der Waals surface area contributed by atoms with E-state index < -0.39 is 0 Å². The third-order valence-electron chi connectivity index (χ3n) is 0.204. The Morgan fingerprint density at radius 2 is 0.556 bits per heavy atom. The third-order valence-corrected chi connectivity index (χ3v) is 0.204. The van der Waals surface area contributed by atoms with Crippen LogP contribution in [0.1, 0.15) is 104 Å². The lowest BCUT2D eigenvalue weighted by molar-refractivity contribution is 1.50. The van der Waals surface area contributed by atoms with Crippen molar-refractivity contribution in [3.05, 3.63) is 18.4 Å². The van der Waals surface area contributed by atoms with Gasteiger partial charge in [0, 0.05) is 0 Å². The van der Waals surface area contributed by atoms with Crippen LogP contribution in [0.25, 0.3) is 0 Å². The molecule has 0 unspecified atom stereocenters. The van der Waals surface area contributed by atoms with Crippen molar-refractivity contribution < 1.29 is 0 Å². The van der Waals surface area contributed by atoms with Crippen molar-refractivity contribution in [3.63, 3.8) is 0 Å². The van der Waals surface area contributed by atoms with E-state index in [1.165, 1.54) is 0 Å². The molecule has 0 amide bonds. The molecule has 0 aliphatic rings. The average molecular weight is 265 g/mol. The van der Waals surface area contributed by atoms with Gasteiger partial charge in [-0.2, -0.15) is 0 Å². The lowest BCUT2D eigenvalue weighted by Gasteiger charge is -1.37. The zero-order chi connectivity index (χ0) is 17.4. The maximum Gasteiger partial charge on any atom is -0.0393 e. The van der Waals surface area contributed by atoms with E-state index in [1.54, 1.807) is 6.08 Å². The Morgan fingerprint density at radius 1 is 0.500 bits per heavy atom. The summed E-state index contributed by atoms with van der Waals surface area (Å²) in [5, 5.41) is 0. The minimum Gasteiger partial charge on any atom is -0.133 e. The Hall–Kier alpha value is -0.480. The summed E-state index contributed by atoms with van der Waals surface area (Å²) in [5.74, 6) is 0. The molecule has 0 heteroatoms. The molecular weight excluding hydrogens is 216 g/mol. The van der Waals surface area contributed by atoms with Crippen molar-refractivity contribution in [2.24, 2.45) is 0 Å². The first-order valence-corrected chi connectivity index (χ1v) is 8.22. The minimum atomic E-state index is 1.76. The fourth-order valence-corrected chi connectivity index (χ4v) is 0. The van der Waals surface area contributed by atoms with Crippen LogP contribution in [0.3, 0.4) is 0 Å². The van der Waals surface area contributed by atoms with Crippen LogP contribution in [0.2, 0.25) is 0 Å². The molecule has 0 radical (unpaired) electrons. The topological polar surface area (TPSA) is 0 Å². The highest BCUT2D eigenvalue weighted by Gasteiger charge is 1.24. The second-order valence-electron chi connectivity index (χ2n) is 0.493. The summed E-state index contributed by atoms with van der Waals surface area (Å²) in [5.41, 5.74) is 2.56. The second kappa shape index (κ2) is 1720. The fraction of sp³-hybridized carbons (Fsp3) is 0.833. The standard InChI is InChI=1S/C4H6.7C2H6/c1-3-4-2;7*1-2/h4H,1H2,2H3;7*1-2H3. The number of allylic oxidation sites excluding steroid dienone is 1. The Morgan fingerprint density at radius 3 is 0.556 bits per heavy atom. The smallest absolute Gasteiger partial charge is 0.0393 e. The first kappa shape index (κ1) is 52.8. The molecule has 0 bridgehead atoms. The summed E-state index contributed by atoms with van der Waals surface area (Å²) in [6, 6.07) is 0. The summed E-state index contributed by atoms with van der Waals surface area (Å²) in [6.07, 6.45) is 1.76. The van der Waals surface area contributed by atoms with E-state index in [1.807, 2.05) is 104 Å². The number of hydrogen-bond donors (Lipinski definition) is 0. The van der Waals surface area contributed by atoms with Gasteiger partial charge in [-0.25, -0.2) is 0 Å². The monoisotopic (exact) mass is 264 g/mol. The zero-order valence-corrected chi connectivity index (χ0v) is 16.8. The molecule has 0 aliphatic carbocycles. The van der Waals surface area contributed by atoms with Crippen LogP contribution in [0.4, 0.5) is 0 Å². The van der Waals surface area contributed by atoms with Crippen LogP contribution in [-0.4, -0.2) is 0 Å². The van der Waals surface area contributed by atoms with Gasteiger partial charge in [0.05, 0.1) is 0 Å². The van der Waals surface area contributed by atoms with E-state index in [0.29, 0.717) is 0 Å². The normalized spacial score (nSPS) is 3.28. The van der Waals surface area contributed by atoms with Crippen LogP contribution in [0, 0.1) is 0 Å². The quantitative estimate of drug-likeness (QED) is 0.384. The van der Waals surface area contributed by atoms with Crippen molar-refractivity contribution in [3.8, 4) is 0 Å². The van der Waals surface area contributed by atoms with Crippen molar-refractivity contribution in [1.82, 2.24) is 0 Å². The van der Waals surface area contributed by atoms with E-state index in [0.717, 1.165) is 0 Å². The van der Waals surface area contributed by atoms with Gasteiger partial charge in [0.2, 0.25) is 0 Å². The molecule has 0 fully saturated rings. The Labute approximate surface area is 123 Å². The summed E-state index contributed by atoms with van der Waals surface area (Å²) < 4.78 is 0. The Balaban J connectivity index is -0.0000000109. The maximum absolute atomic E-state index is 3.30. The van der Waals surface area contributed by atoms with Crippen molar-refractivity contribution >= 4 is 0 Å². The molecule has 0 saturated carbocycles. The fourth-order valence-electron chi connectivity index (χ4n) is 0. The summed E-state index contributed by atoms with van der Waals surface area (Å²) in [4.78, 5) is 0. The van der Waals surface area contributed by atoms with Gasteiger partial charge >= 0.3 is 0 Å². The van der Waals surface area contributed by atoms with E-state index in [9.17, 15) is 0 Å². The van der Waals surface area contributed by atoms with Crippen LogP contribution in [0.5, 0.6) is 0 Å². The Kier molecular flexibility index (Phi) is 5050. The Bertz CT molecular complexity index is 38.0. The zero-order valence-electron chi connectivity index (χ0n) is 16.8. The van der Waals surface area contributed by atoms with Gasteiger partial charge in [0.15, 0.2) is 0 Å². The van der Waals surface area contributed by atoms with Crippen molar-refractivity contribution in [1.29, 1.82) is 0 Å². The average Bonchev–Trinajstić information content (AvgIpc) is 2.60. The molecule has 0 rings (SSSR count). The van der Waals surface area contributed by atoms with Gasteiger partial charge in [0.25, 0.3) is 0 Å². The molecule has 0 aromatic rings. The third kappa shape index (κ3) is 12100. The van der Waals surface area contributed by atoms with Gasteiger partial charge in [0.1, 0.15) is 0 Å². The van der Waals surface area contributed by atoms with Crippen LogP contribution in [-0.2, 0) is 0 Å². The molecule has 0 spiro atoms. The van der Waals surface area contributed by atoms with Crippen LogP contribution in [0.15, 0.2) is 18.4 Å². The summed E-state index contributed by atoms with van der Waals surface area (Å²) in [6.45, 7) is 33.2. The molecule has 0 aliphatic heterocycles. The predicted octanol–water partition coefficient (Wildman–Crippen LogP) is 8.53. The molecular formula is C18H48. The molecule has 0 aromatic carbocycles. The molecule has 0 atom stereocenters.